The van der Waals surface area contributed by atoms with Crippen LogP contribution in [0.5, 0.6) is 0 Å². The third-order valence-corrected chi connectivity index (χ3v) is 3.73. The molecule has 0 N–H and O–H groups in total. The molecule has 1 aromatic rings. The normalized spacial score (nSPS) is 13.2. The highest BCUT2D eigenvalue weighted by Crippen LogP contribution is 2.14. The Labute approximate surface area is 103 Å². The van der Waals surface area contributed by atoms with E-state index < -0.39 is 0 Å². The standard InChI is InChI=1S/C11H15Br2N/c1-9(7-12)14(2)8-10-4-3-5-11(13)6-10/h3-6,9H,7-8H2,1-2H3. The SMILES string of the molecule is CC(CBr)N(C)Cc1cccc(Br)c1. The molecule has 0 aliphatic carbocycles. The first-order valence-electron chi connectivity index (χ1n) is 4.64. The number of nitrogens with zero attached hydrogens (tertiary/aromatic N) is 1. The van der Waals surface area contributed by atoms with Gasteiger partial charge in [-0.15, -0.1) is 0 Å². The Kier molecular flexibility index (Phi) is 5.13. The minimum absolute atomic E-state index is 0.564. The molecule has 78 valence electrons. The lowest BCUT2D eigenvalue weighted by Gasteiger charge is -2.22. The van der Waals surface area contributed by atoms with Gasteiger partial charge in [-0.2, -0.15) is 0 Å². The summed E-state index contributed by atoms with van der Waals surface area (Å²) >= 11 is 6.97. The lowest BCUT2D eigenvalue weighted by Crippen LogP contribution is -2.29. The highest BCUT2D eigenvalue weighted by molar-refractivity contribution is 9.10. The lowest BCUT2D eigenvalue weighted by atomic mass is 10.2. The minimum Gasteiger partial charge on any atom is -0.299 e. The van der Waals surface area contributed by atoms with E-state index in [9.17, 15) is 0 Å². The van der Waals surface area contributed by atoms with Crippen molar-refractivity contribution < 1.29 is 0 Å². The number of hydrogen-bond donors (Lipinski definition) is 0. The number of halogens is 2. The van der Waals surface area contributed by atoms with Crippen LogP contribution in [0.2, 0.25) is 0 Å². The van der Waals surface area contributed by atoms with Crippen molar-refractivity contribution in [2.45, 2.75) is 19.5 Å². The molecule has 0 spiro atoms. The van der Waals surface area contributed by atoms with E-state index in [1.54, 1.807) is 0 Å². The van der Waals surface area contributed by atoms with Crippen LogP contribution in [-0.4, -0.2) is 23.3 Å². The minimum atomic E-state index is 0.564. The van der Waals surface area contributed by atoms with Crippen LogP contribution in [0.25, 0.3) is 0 Å². The van der Waals surface area contributed by atoms with Crippen molar-refractivity contribution in [3.63, 3.8) is 0 Å². The highest BCUT2D eigenvalue weighted by Gasteiger charge is 2.07. The highest BCUT2D eigenvalue weighted by atomic mass is 79.9. The maximum atomic E-state index is 3.49. The van der Waals surface area contributed by atoms with Crippen LogP contribution < -0.4 is 0 Å². The summed E-state index contributed by atoms with van der Waals surface area (Å²) in [4.78, 5) is 2.33. The second kappa shape index (κ2) is 5.89. The molecule has 0 aliphatic rings. The van der Waals surface area contributed by atoms with Gasteiger partial charge in [0.15, 0.2) is 0 Å². The molecule has 0 bridgehead atoms. The van der Waals surface area contributed by atoms with Gasteiger partial charge in [-0.05, 0) is 31.7 Å². The van der Waals surface area contributed by atoms with E-state index in [0.717, 1.165) is 16.3 Å². The second-order valence-corrected chi connectivity index (χ2v) is 5.11. The number of hydrogen-bond acceptors (Lipinski definition) is 1. The van der Waals surface area contributed by atoms with Crippen LogP contribution in [0.15, 0.2) is 28.7 Å². The third kappa shape index (κ3) is 3.71. The summed E-state index contributed by atoms with van der Waals surface area (Å²) in [5.41, 5.74) is 1.34. The van der Waals surface area contributed by atoms with E-state index in [0.29, 0.717) is 6.04 Å². The molecule has 0 amide bonds. The molecule has 1 unspecified atom stereocenters. The number of alkyl halides is 1. The van der Waals surface area contributed by atoms with Gasteiger partial charge in [-0.3, -0.25) is 4.90 Å². The van der Waals surface area contributed by atoms with Gasteiger partial charge in [-0.25, -0.2) is 0 Å². The summed E-state index contributed by atoms with van der Waals surface area (Å²) in [7, 11) is 2.15. The third-order valence-electron chi connectivity index (χ3n) is 2.30. The molecule has 0 aromatic heterocycles. The number of benzene rings is 1. The van der Waals surface area contributed by atoms with E-state index in [1.807, 2.05) is 0 Å². The van der Waals surface area contributed by atoms with Crippen molar-refractivity contribution >= 4 is 31.9 Å². The fourth-order valence-electron chi connectivity index (χ4n) is 1.20. The Morgan fingerprint density at radius 2 is 2.14 bits per heavy atom. The summed E-state index contributed by atoms with van der Waals surface area (Å²) < 4.78 is 1.15. The van der Waals surface area contributed by atoms with Crippen LogP contribution in [0, 0.1) is 0 Å². The summed E-state index contributed by atoms with van der Waals surface area (Å²) in [6, 6.07) is 9.01. The predicted molar refractivity (Wildman–Crippen MR) is 68.9 cm³/mol. The molecule has 1 rings (SSSR count). The number of rotatable bonds is 4. The van der Waals surface area contributed by atoms with E-state index in [-0.39, 0.29) is 0 Å². The Balaban J connectivity index is 2.60. The molecule has 1 atom stereocenters. The van der Waals surface area contributed by atoms with Crippen molar-refractivity contribution in [2.75, 3.05) is 12.4 Å². The molecule has 0 fully saturated rings. The van der Waals surface area contributed by atoms with Gasteiger partial charge in [0.1, 0.15) is 0 Å². The van der Waals surface area contributed by atoms with Crippen LogP contribution >= 0.6 is 31.9 Å². The first-order chi connectivity index (χ1) is 6.63. The van der Waals surface area contributed by atoms with Crippen LogP contribution in [-0.2, 0) is 6.54 Å². The smallest absolute Gasteiger partial charge is 0.0234 e. The summed E-state index contributed by atoms with van der Waals surface area (Å²) in [5, 5.41) is 1.01. The largest absolute Gasteiger partial charge is 0.299 e. The van der Waals surface area contributed by atoms with E-state index >= 15 is 0 Å². The average molecular weight is 321 g/mol. The van der Waals surface area contributed by atoms with Crippen molar-refractivity contribution in [3.05, 3.63) is 34.3 Å². The van der Waals surface area contributed by atoms with Crippen LogP contribution in [0.1, 0.15) is 12.5 Å². The molecule has 0 saturated heterocycles. The molecule has 0 radical (unpaired) electrons. The van der Waals surface area contributed by atoms with Crippen molar-refractivity contribution in [1.29, 1.82) is 0 Å². The van der Waals surface area contributed by atoms with Crippen molar-refractivity contribution in [2.24, 2.45) is 0 Å². The van der Waals surface area contributed by atoms with Crippen molar-refractivity contribution in [3.8, 4) is 0 Å². The summed E-state index contributed by atoms with van der Waals surface area (Å²) in [6.45, 7) is 3.21. The second-order valence-electron chi connectivity index (χ2n) is 3.55. The Morgan fingerprint density at radius 3 is 2.71 bits per heavy atom. The Morgan fingerprint density at radius 1 is 1.43 bits per heavy atom. The molecule has 0 heterocycles. The maximum absolute atomic E-state index is 3.49. The quantitative estimate of drug-likeness (QED) is 0.765. The molecule has 3 heteroatoms. The molecule has 1 nitrogen and oxygen atoms in total. The van der Waals surface area contributed by atoms with Gasteiger partial charge in [-0.1, -0.05) is 44.0 Å². The van der Waals surface area contributed by atoms with Gasteiger partial charge in [0.2, 0.25) is 0 Å². The fourth-order valence-corrected chi connectivity index (χ4v) is 2.14. The fraction of sp³-hybridized carbons (Fsp3) is 0.455. The van der Waals surface area contributed by atoms with E-state index in [1.165, 1.54) is 5.56 Å². The Hall–Kier alpha value is 0.140. The predicted octanol–water partition coefficient (Wildman–Crippen LogP) is 3.66. The van der Waals surface area contributed by atoms with Crippen LogP contribution in [0.4, 0.5) is 0 Å². The molecule has 0 aliphatic heterocycles. The maximum Gasteiger partial charge on any atom is 0.0234 e. The van der Waals surface area contributed by atoms with Gasteiger partial charge in [0, 0.05) is 22.4 Å². The van der Waals surface area contributed by atoms with Gasteiger partial charge >= 0.3 is 0 Å². The van der Waals surface area contributed by atoms with Gasteiger partial charge in [0.25, 0.3) is 0 Å². The lowest BCUT2D eigenvalue weighted by molar-refractivity contribution is 0.270. The zero-order valence-corrected chi connectivity index (χ0v) is 11.7. The van der Waals surface area contributed by atoms with E-state index in [4.69, 9.17) is 0 Å². The molecule has 1 aromatic carbocycles. The zero-order valence-electron chi connectivity index (χ0n) is 8.50. The molecule has 14 heavy (non-hydrogen) atoms. The first-order valence-corrected chi connectivity index (χ1v) is 6.55. The van der Waals surface area contributed by atoms with Gasteiger partial charge < -0.3 is 0 Å². The van der Waals surface area contributed by atoms with Crippen LogP contribution in [0.3, 0.4) is 0 Å². The zero-order chi connectivity index (χ0) is 10.6. The average Bonchev–Trinajstić information content (AvgIpc) is 2.16. The summed E-state index contributed by atoms with van der Waals surface area (Å²) in [6.07, 6.45) is 0. The topological polar surface area (TPSA) is 3.24 Å². The van der Waals surface area contributed by atoms with Gasteiger partial charge in [0.05, 0.1) is 0 Å². The van der Waals surface area contributed by atoms with Crippen molar-refractivity contribution in [1.82, 2.24) is 4.90 Å². The molecular formula is C11H15Br2N. The molecular weight excluding hydrogens is 306 g/mol. The first kappa shape index (κ1) is 12.2. The molecule has 0 saturated carbocycles. The van der Waals surface area contributed by atoms with E-state index in [2.05, 4.69) is 75.0 Å². The Bertz CT molecular complexity index is 288. The summed E-state index contributed by atoms with van der Waals surface area (Å²) in [5.74, 6) is 0. The monoisotopic (exact) mass is 319 g/mol.